The third kappa shape index (κ3) is 2.91. The molecule has 2 aromatic rings. The third-order valence-corrected chi connectivity index (χ3v) is 3.71. The molecule has 1 atom stereocenters. The normalized spacial score (nSPS) is 13.8. The van der Waals surface area contributed by atoms with Gasteiger partial charge in [0.1, 0.15) is 5.69 Å². The number of imidazole rings is 1. The maximum atomic E-state index is 12.2. The van der Waals surface area contributed by atoms with Gasteiger partial charge < -0.3 is 15.4 Å². The number of halogens is 1. The monoisotopic (exact) mass is 337 g/mol. The molecule has 5 nitrogen and oxygen atoms in total. The van der Waals surface area contributed by atoms with Gasteiger partial charge in [-0.05, 0) is 31.5 Å². The summed E-state index contributed by atoms with van der Waals surface area (Å²) in [5.74, 6) is -0.319. The van der Waals surface area contributed by atoms with Gasteiger partial charge in [0.2, 0.25) is 0 Å². The zero-order valence-corrected chi connectivity index (χ0v) is 12.9. The molecule has 1 aromatic heterocycles. The first-order valence-corrected chi connectivity index (χ1v) is 6.95. The zero-order valence-electron chi connectivity index (χ0n) is 11.3. The largest absolute Gasteiger partial charge is 0.394 e. The molecule has 3 N–H and O–H groups in total. The Morgan fingerprint density at radius 2 is 2.30 bits per heavy atom. The Kier molecular flexibility index (Phi) is 4.25. The van der Waals surface area contributed by atoms with Gasteiger partial charge in [0.15, 0.2) is 0 Å². The first-order chi connectivity index (χ1) is 9.46. The van der Waals surface area contributed by atoms with Crippen molar-refractivity contribution in [2.24, 2.45) is 0 Å². The molecule has 1 amide bonds. The van der Waals surface area contributed by atoms with Crippen molar-refractivity contribution >= 4 is 21.8 Å². The molecule has 0 spiro atoms. The topological polar surface area (TPSA) is 78.0 Å². The Balaban J connectivity index is 2.28. The number of aromatic amines is 1. The lowest BCUT2D eigenvalue weighted by Gasteiger charge is -2.29. The van der Waals surface area contributed by atoms with Gasteiger partial charge in [-0.25, -0.2) is 4.98 Å². The summed E-state index contributed by atoms with van der Waals surface area (Å²) >= 11 is 3.39. The third-order valence-electron chi connectivity index (χ3n) is 3.21. The van der Waals surface area contributed by atoms with Gasteiger partial charge in [0.25, 0.3) is 5.91 Å². The van der Waals surface area contributed by atoms with Crippen molar-refractivity contribution in [1.82, 2.24) is 15.3 Å². The number of aliphatic hydroxyl groups is 1. The van der Waals surface area contributed by atoms with Crippen LogP contribution in [0.3, 0.4) is 0 Å². The highest BCUT2D eigenvalue weighted by molar-refractivity contribution is 9.10. The smallest absolute Gasteiger partial charge is 0.272 e. The average Bonchev–Trinajstić information content (AvgIpc) is 2.85. The van der Waals surface area contributed by atoms with E-state index in [1.807, 2.05) is 24.3 Å². The second-order valence-electron chi connectivity index (χ2n) is 4.83. The quantitative estimate of drug-likeness (QED) is 0.799. The van der Waals surface area contributed by atoms with E-state index in [1.54, 1.807) is 13.8 Å². The van der Waals surface area contributed by atoms with E-state index in [1.165, 1.54) is 6.33 Å². The van der Waals surface area contributed by atoms with E-state index in [9.17, 15) is 9.90 Å². The van der Waals surface area contributed by atoms with E-state index < -0.39 is 5.54 Å². The first kappa shape index (κ1) is 14.7. The van der Waals surface area contributed by atoms with Gasteiger partial charge in [0, 0.05) is 10.2 Å². The van der Waals surface area contributed by atoms with Crippen molar-refractivity contribution in [2.45, 2.75) is 19.4 Å². The maximum Gasteiger partial charge on any atom is 0.272 e. The predicted molar refractivity (Wildman–Crippen MR) is 79.4 cm³/mol. The molecule has 0 saturated heterocycles. The van der Waals surface area contributed by atoms with Crippen LogP contribution in [0.2, 0.25) is 0 Å². The van der Waals surface area contributed by atoms with Crippen molar-refractivity contribution in [3.05, 3.63) is 52.0 Å². The number of hydrogen-bond acceptors (Lipinski definition) is 3. The highest BCUT2D eigenvalue weighted by Gasteiger charge is 2.29. The summed E-state index contributed by atoms with van der Waals surface area (Å²) in [5.41, 5.74) is 0.972. The lowest BCUT2D eigenvalue weighted by Crippen LogP contribution is -2.46. The van der Waals surface area contributed by atoms with Crippen LogP contribution in [0.15, 0.2) is 35.1 Å². The minimum atomic E-state index is -0.869. The van der Waals surface area contributed by atoms with Crippen LogP contribution in [0.4, 0.5) is 0 Å². The molecule has 0 bridgehead atoms. The highest BCUT2D eigenvalue weighted by atomic mass is 79.9. The molecular weight excluding hydrogens is 322 g/mol. The highest BCUT2D eigenvalue weighted by Crippen LogP contribution is 2.24. The van der Waals surface area contributed by atoms with E-state index in [-0.39, 0.29) is 12.5 Å². The van der Waals surface area contributed by atoms with Crippen LogP contribution in [-0.4, -0.2) is 27.6 Å². The van der Waals surface area contributed by atoms with E-state index in [0.29, 0.717) is 11.4 Å². The molecule has 2 rings (SSSR count). The van der Waals surface area contributed by atoms with Gasteiger partial charge in [-0.3, -0.25) is 4.79 Å². The minimum absolute atomic E-state index is 0.210. The summed E-state index contributed by atoms with van der Waals surface area (Å²) in [5, 5.41) is 12.5. The first-order valence-electron chi connectivity index (χ1n) is 6.15. The van der Waals surface area contributed by atoms with E-state index in [0.717, 1.165) is 10.0 Å². The van der Waals surface area contributed by atoms with Crippen molar-refractivity contribution < 1.29 is 9.90 Å². The van der Waals surface area contributed by atoms with Crippen molar-refractivity contribution in [1.29, 1.82) is 0 Å². The second kappa shape index (κ2) is 5.76. The van der Waals surface area contributed by atoms with Gasteiger partial charge in [-0.15, -0.1) is 0 Å². The second-order valence-corrected chi connectivity index (χ2v) is 5.75. The number of carbonyl (C=O) groups is 1. The fraction of sp³-hybridized carbons (Fsp3) is 0.286. The van der Waals surface area contributed by atoms with Crippen LogP contribution in [0.1, 0.15) is 28.7 Å². The Morgan fingerprint density at radius 3 is 2.85 bits per heavy atom. The lowest BCUT2D eigenvalue weighted by molar-refractivity contribution is 0.0844. The van der Waals surface area contributed by atoms with Gasteiger partial charge in [0.05, 0.1) is 18.5 Å². The van der Waals surface area contributed by atoms with Crippen LogP contribution in [0.25, 0.3) is 0 Å². The predicted octanol–water partition coefficient (Wildman–Crippen LogP) is 2.12. The van der Waals surface area contributed by atoms with Crippen molar-refractivity contribution in [2.75, 3.05) is 6.61 Å². The number of rotatable bonds is 4. The number of benzene rings is 1. The summed E-state index contributed by atoms with van der Waals surface area (Å²) in [6.07, 6.45) is 1.47. The molecule has 20 heavy (non-hydrogen) atoms. The van der Waals surface area contributed by atoms with E-state index in [2.05, 4.69) is 31.2 Å². The molecule has 106 valence electrons. The minimum Gasteiger partial charge on any atom is -0.394 e. The van der Waals surface area contributed by atoms with Crippen LogP contribution in [0.5, 0.6) is 0 Å². The number of nitrogens with zero attached hydrogens (tertiary/aromatic N) is 1. The van der Waals surface area contributed by atoms with Gasteiger partial charge in [-0.2, -0.15) is 0 Å². The van der Waals surface area contributed by atoms with Crippen LogP contribution >= 0.6 is 15.9 Å². The number of hydrogen-bond donors (Lipinski definition) is 3. The van der Waals surface area contributed by atoms with Crippen LogP contribution < -0.4 is 5.32 Å². The Morgan fingerprint density at radius 1 is 1.55 bits per heavy atom. The summed E-state index contributed by atoms with van der Waals surface area (Å²) in [7, 11) is 0. The Bertz CT molecular complexity index is 626. The number of amides is 1. The molecule has 0 radical (unpaired) electrons. The summed E-state index contributed by atoms with van der Waals surface area (Å²) in [6.45, 7) is 3.34. The SMILES string of the molecule is Cc1[nH]cnc1C(=O)NC(C)(CO)c1cccc(Br)c1. The van der Waals surface area contributed by atoms with Gasteiger partial charge in [-0.1, -0.05) is 28.1 Å². The fourth-order valence-corrected chi connectivity index (χ4v) is 2.33. The fourth-order valence-electron chi connectivity index (χ4n) is 1.93. The number of H-pyrrole nitrogens is 1. The molecule has 0 aliphatic heterocycles. The van der Waals surface area contributed by atoms with Gasteiger partial charge >= 0.3 is 0 Å². The lowest BCUT2D eigenvalue weighted by atomic mass is 9.92. The number of nitrogens with one attached hydrogen (secondary N) is 2. The van der Waals surface area contributed by atoms with E-state index >= 15 is 0 Å². The summed E-state index contributed by atoms with van der Waals surface area (Å²) in [6, 6.07) is 7.48. The molecule has 0 aliphatic carbocycles. The Labute approximate surface area is 125 Å². The summed E-state index contributed by atoms with van der Waals surface area (Å²) < 4.78 is 0.889. The average molecular weight is 338 g/mol. The molecular formula is C14H16BrN3O2. The Hall–Kier alpha value is -1.66. The zero-order chi connectivity index (χ0) is 14.8. The summed E-state index contributed by atoms with van der Waals surface area (Å²) in [4.78, 5) is 19.1. The van der Waals surface area contributed by atoms with E-state index in [4.69, 9.17) is 0 Å². The molecule has 0 aliphatic rings. The van der Waals surface area contributed by atoms with Crippen molar-refractivity contribution in [3.63, 3.8) is 0 Å². The number of aromatic nitrogens is 2. The molecule has 6 heteroatoms. The maximum absolute atomic E-state index is 12.2. The van der Waals surface area contributed by atoms with Crippen LogP contribution in [0, 0.1) is 6.92 Å². The van der Waals surface area contributed by atoms with Crippen LogP contribution in [-0.2, 0) is 5.54 Å². The number of aliphatic hydroxyl groups excluding tert-OH is 1. The number of aryl methyl sites for hydroxylation is 1. The molecule has 1 heterocycles. The van der Waals surface area contributed by atoms with Crippen molar-refractivity contribution in [3.8, 4) is 0 Å². The molecule has 1 aromatic carbocycles. The molecule has 0 fully saturated rings. The molecule has 1 unspecified atom stereocenters. The number of carbonyl (C=O) groups excluding carboxylic acids is 1. The standard InChI is InChI=1S/C14H16BrN3O2/c1-9-12(17-8-16-9)13(20)18-14(2,7-19)10-4-3-5-11(15)6-10/h3-6,8,19H,7H2,1-2H3,(H,16,17)(H,18,20). The molecule has 0 saturated carbocycles.